The number of Topliss-reactive ketones (excluding diaryl/α,β-unsaturated/α-hetero) is 1. The van der Waals surface area contributed by atoms with Crippen LogP contribution in [0.15, 0.2) is 27.4 Å². The van der Waals surface area contributed by atoms with Crippen LogP contribution in [0.5, 0.6) is 0 Å². The van der Waals surface area contributed by atoms with Crippen molar-refractivity contribution in [1.82, 2.24) is 4.57 Å². The number of hydrogen-bond acceptors (Lipinski definition) is 4. The Labute approximate surface area is 104 Å². The molecule has 0 aliphatic heterocycles. The van der Waals surface area contributed by atoms with Crippen molar-refractivity contribution in [2.75, 3.05) is 6.54 Å². The van der Waals surface area contributed by atoms with Gasteiger partial charge in [-0.2, -0.15) is 0 Å². The zero-order valence-corrected chi connectivity index (χ0v) is 10.5. The number of carbonyl (C=O) groups is 1. The molecule has 2 rings (SSSR count). The van der Waals surface area contributed by atoms with E-state index in [1.807, 2.05) is 6.92 Å². The molecule has 1 aromatic carbocycles. The summed E-state index contributed by atoms with van der Waals surface area (Å²) >= 11 is 0. The van der Waals surface area contributed by atoms with Crippen molar-refractivity contribution in [3.8, 4) is 0 Å². The summed E-state index contributed by atoms with van der Waals surface area (Å²) < 4.78 is 6.47. The largest absolute Gasteiger partial charge is 0.419 e. The van der Waals surface area contributed by atoms with E-state index in [4.69, 9.17) is 10.2 Å². The van der Waals surface area contributed by atoms with Crippen LogP contribution < -0.4 is 11.5 Å². The molecule has 1 atom stereocenters. The van der Waals surface area contributed by atoms with Crippen molar-refractivity contribution < 1.29 is 9.21 Å². The first-order valence-electron chi connectivity index (χ1n) is 5.88. The number of aromatic nitrogens is 1. The maximum absolute atomic E-state index is 12.1. The number of fused-ring (bicyclic) bond motifs is 1. The Morgan fingerprint density at radius 2 is 2.22 bits per heavy atom. The first-order valence-corrected chi connectivity index (χ1v) is 5.88. The minimum absolute atomic E-state index is 0.0221. The summed E-state index contributed by atoms with van der Waals surface area (Å²) in [4.78, 5) is 23.4. The second-order valence-corrected chi connectivity index (χ2v) is 4.45. The molecule has 0 radical (unpaired) electrons. The number of aryl methyl sites for hydroxylation is 1. The van der Waals surface area contributed by atoms with E-state index in [0.717, 1.165) is 0 Å². The van der Waals surface area contributed by atoms with Crippen LogP contribution in [0.4, 0.5) is 0 Å². The zero-order chi connectivity index (χ0) is 13.3. The van der Waals surface area contributed by atoms with Gasteiger partial charge in [-0.25, -0.2) is 4.79 Å². The second kappa shape index (κ2) is 4.78. The number of rotatable bonds is 4. The molecule has 5 heteroatoms. The van der Waals surface area contributed by atoms with Crippen LogP contribution >= 0.6 is 0 Å². The van der Waals surface area contributed by atoms with Gasteiger partial charge in [-0.1, -0.05) is 6.92 Å². The lowest BCUT2D eigenvalue weighted by Crippen LogP contribution is -2.15. The minimum atomic E-state index is -0.426. The van der Waals surface area contributed by atoms with Crippen molar-refractivity contribution in [2.24, 2.45) is 18.7 Å². The van der Waals surface area contributed by atoms with Gasteiger partial charge in [0.1, 0.15) is 0 Å². The molecular formula is C13H16N2O3. The summed E-state index contributed by atoms with van der Waals surface area (Å²) in [7, 11) is 1.63. The first kappa shape index (κ1) is 12.6. The average Bonchev–Trinajstić information content (AvgIpc) is 2.64. The van der Waals surface area contributed by atoms with Crippen molar-refractivity contribution >= 4 is 16.9 Å². The van der Waals surface area contributed by atoms with Crippen LogP contribution in [0.2, 0.25) is 0 Å². The Bertz CT molecular complexity index is 639. The maximum atomic E-state index is 12.1. The van der Waals surface area contributed by atoms with Gasteiger partial charge >= 0.3 is 5.76 Å². The van der Waals surface area contributed by atoms with Crippen molar-refractivity contribution in [3.63, 3.8) is 0 Å². The molecule has 0 amide bonds. The maximum Gasteiger partial charge on any atom is 0.419 e. The molecule has 2 N–H and O–H groups in total. The zero-order valence-electron chi connectivity index (χ0n) is 10.5. The standard InChI is InChI=1S/C13H16N2O3/c1-8(5-6-14)12(16)9-3-4-10-11(7-9)18-13(17)15(10)2/h3-4,7-8H,5-6,14H2,1-2H3. The topological polar surface area (TPSA) is 78.2 Å². The summed E-state index contributed by atoms with van der Waals surface area (Å²) in [5, 5.41) is 0. The molecule has 18 heavy (non-hydrogen) atoms. The number of benzene rings is 1. The van der Waals surface area contributed by atoms with Gasteiger partial charge in [0.2, 0.25) is 0 Å². The van der Waals surface area contributed by atoms with E-state index in [2.05, 4.69) is 0 Å². The van der Waals surface area contributed by atoms with Crippen LogP contribution in [0.1, 0.15) is 23.7 Å². The highest BCUT2D eigenvalue weighted by molar-refractivity contribution is 5.99. The Morgan fingerprint density at radius 3 is 2.89 bits per heavy atom. The monoisotopic (exact) mass is 248 g/mol. The molecule has 0 saturated carbocycles. The van der Waals surface area contributed by atoms with Crippen LogP contribution in [0.25, 0.3) is 11.1 Å². The summed E-state index contributed by atoms with van der Waals surface area (Å²) in [6.45, 7) is 2.33. The normalized spacial score (nSPS) is 12.8. The van der Waals surface area contributed by atoms with Gasteiger partial charge in [0.05, 0.1) is 5.52 Å². The fourth-order valence-electron chi connectivity index (χ4n) is 1.95. The lowest BCUT2D eigenvalue weighted by atomic mass is 9.96. The summed E-state index contributed by atoms with van der Waals surface area (Å²) in [6.07, 6.45) is 0.648. The van der Waals surface area contributed by atoms with E-state index < -0.39 is 5.76 Å². The molecule has 0 aliphatic carbocycles. The average molecular weight is 248 g/mol. The number of ketones is 1. The van der Waals surface area contributed by atoms with Crippen LogP contribution in [0.3, 0.4) is 0 Å². The van der Waals surface area contributed by atoms with E-state index in [0.29, 0.717) is 29.6 Å². The number of nitrogens with zero attached hydrogens (tertiary/aromatic N) is 1. The third kappa shape index (κ3) is 2.09. The van der Waals surface area contributed by atoms with E-state index in [1.165, 1.54) is 4.57 Å². The molecule has 96 valence electrons. The Morgan fingerprint density at radius 1 is 1.50 bits per heavy atom. The first-order chi connectivity index (χ1) is 8.54. The van der Waals surface area contributed by atoms with Gasteiger partial charge in [-0.15, -0.1) is 0 Å². The second-order valence-electron chi connectivity index (χ2n) is 4.45. The van der Waals surface area contributed by atoms with Gasteiger partial charge in [0.15, 0.2) is 11.4 Å². The molecule has 1 aromatic heterocycles. The number of oxazole rings is 1. The molecule has 0 bridgehead atoms. The predicted molar refractivity (Wildman–Crippen MR) is 68.6 cm³/mol. The van der Waals surface area contributed by atoms with Gasteiger partial charge in [-0.05, 0) is 31.2 Å². The molecule has 1 unspecified atom stereocenters. The number of carbonyl (C=O) groups excluding carboxylic acids is 1. The van der Waals surface area contributed by atoms with Crippen molar-refractivity contribution in [3.05, 3.63) is 34.3 Å². The molecule has 1 heterocycles. The van der Waals surface area contributed by atoms with Gasteiger partial charge in [0, 0.05) is 18.5 Å². The van der Waals surface area contributed by atoms with E-state index in [1.54, 1.807) is 25.2 Å². The van der Waals surface area contributed by atoms with E-state index >= 15 is 0 Å². The molecular weight excluding hydrogens is 232 g/mol. The molecule has 0 fully saturated rings. The fourth-order valence-corrected chi connectivity index (χ4v) is 1.95. The molecule has 0 aliphatic rings. The Kier molecular flexibility index (Phi) is 3.34. The summed E-state index contributed by atoms with van der Waals surface area (Å²) in [5.41, 5.74) is 7.12. The quantitative estimate of drug-likeness (QED) is 0.827. The van der Waals surface area contributed by atoms with Gasteiger partial charge in [0.25, 0.3) is 0 Å². The highest BCUT2D eigenvalue weighted by Gasteiger charge is 2.16. The minimum Gasteiger partial charge on any atom is -0.408 e. The molecule has 5 nitrogen and oxygen atoms in total. The Hall–Kier alpha value is -1.88. The van der Waals surface area contributed by atoms with Gasteiger partial charge in [-0.3, -0.25) is 9.36 Å². The number of nitrogens with two attached hydrogens (primary N) is 1. The highest BCUT2D eigenvalue weighted by Crippen LogP contribution is 2.18. The van der Waals surface area contributed by atoms with Crippen LogP contribution in [-0.4, -0.2) is 16.9 Å². The van der Waals surface area contributed by atoms with E-state index in [9.17, 15) is 9.59 Å². The lowest BCUT2D eigenvalue weighted by molar-refractivity contribution is 0.0925. The third-order valence-corrected chi connectivity index (χ3v) is 3.12. The van der Waals surface area contributed by atoms with Crippen molar-refractivity contribution in [2.45, 2.75) is 13.3 Å². The SMILES string of the molecule is CC(CCN)C(=O)c1ccc2c(c1)oc(=O)n2C. The molecule has 0 spiro atoms. The number of hydrogen-bond donors (Lipinski definition) is 1. The van der Waals surface area contributed by atoms with Crippen LogP contribution in [0, 0.1) is 5.92 Å². The van der Waals surface area contributed by atoms with Gasteiger partial charge < -0.3 is 10.2 Å². The smallest absolute Gasteiger partial charge is 0.408 e. The lowest BCUT2D eigenvalue weighted by Gasteiger charge is -2.08. The predicted octanol–water partition coefficient (Wildman–Crippen LogP) is 1.30. The fraction of sp³-hybridized carbons (Fsp3) is 0.385. The molecule has 0 saturated heterocycles. The van der Waals surface area contributed by atoms with Crippen molar-refractivity contribution in [1.29, 1.82) is 0 Å². The molecule has 2 aromatic rings. The van der Waals surface area contributed by atoms with Crippen LogP contribution in [-0.2, 0) is 7.05 Å². The summed E-state index contributed by atoms with van der Waals surface area (Å²) in [6, 6.07) is 5.06. The third-order valence-electron chi connectivity index (χ3n) is 3.12. The Balaban J connectivity index is 2.41. The highest BCUT2D eigenvalue weighted by atomic mass is 16.4. The summed E-state index contributed by atoms with van der Waals surface area (Å²) in [5.74, 6) is -0.527. The van der Waals surface area contributed by atoms with E-state index in [-0.39, 0.29) is 11.7 Å².